The molecule has 2 heterocycles. The van der Waals surface area contributed by atoms with Gasteiger partial charge in [0.15, 0.2) is 11.8 Å². The summed E-state index contributed by atoms with van der Waals surface area (Å²) in [6.45, 7) is 5.21. The highest BCUT2D eigenvalue weighted by atomic mass is 16.3. The summed E-state index contributed by atoms with van der Waals surface area (Å²) in [5.41, 5.74) is 1.15. The standard InChI is InChI=1S/C14H22N6O/c1-10-12(6-7-21-10)9-19(4)14(15-3)16-8-13-18-17-11(2)20(13)5/h6-7H,8-9H2,1-5H3,(H,15,16). The van der Waals surface area contributed by atoms with Crippen LogP contribution in [-0.2, 0) is 20.1 Å². The van der Waals surface area contributed by atoms with Gasteiger partial charge in [-0.25, -0.2) is 0 Å². The average Bonchev–Trinajstić information content (AvgIpc) is 3.00. The number of nitrogens with zero attached hydrogens (tertiary/aromatic N) is 5. The lowest BCUT2D eigenvalue weighted by Crippen LogP contribution is -2.38. The van der Waals surface area contributed by atoms with E-state index < -0.39 is 0 Å². The molecule has 0 amide bonds. The fraction of sp³-hybridized carbons (Fsp3) is 0.500. The van der Waals surface area contributed by atoms with E-state index in [1.165, 1.54) is 0 Å². The molecule has 0 aromatic carbocycles. The molecule has 0 radical (unpaired) electrons. The van der Waals surface area contributed by atoms with Crippen molar-refractivity contribution >= 4 is 5.96 Å². The summed E-state index contributed by atoms with van der Waals surface area (Å²) in [4.78, 5) is 6.34. The van der Waals surface area contributed by atoms with E-state index in [2.05, 4.69) is 20.5 Å². The molecular formula is C14H22N6O. The van der Waals surface area contributed by atoms with Gasteiger partial charge in [-0.2, -0.15) is 0 Å². The van der Waals surface area contributed by atoms with Gasteiger partial charge in [0.1, 0.15) is 11.6 Å². The number of aromatic nitrogens is 3. The number of rotatable bonds is 4. The van der Waals surface area contributed by atoms with Gasteiger partial charge in [-0.05, 0) is 19.9 Å². The van der Waals surface area contributed by atoms with Gasteiger partial charge in [-0.15, -0.1) is 10.2 Å². The molecule has 0 saturated carbocycles. The number of aliphatic imine (C=N–C) groups is 1. The summed E-state index contributed by atoms with van der Waals surface area (Å²) < 4.78 is 7.28. The minimum absolute atomic E-state index is 0.582. The number of guanidine groups is 1. The smallest absolute Gasteiger partial charge is 0.194 e. The van der Waals surface area contributed by atoms with Crippen LogP contribution < -0.4 is 5.32 Å². The van der Waals surface area contributed by atoms with Crippen molar-refractivity contribution in [3.8, 4) is 0 Å². The van der Waals surface area contributed by atoms with Crippen LogP contribution in [0, 0.1) is 13.8 Å². The van der Waals surface area contributed by atoms with Crippen LogP contribution in [-0.4, -0.2) is 39.7 Å². The van der Waals surface area contributed by atoms with Gasteiger partial charge in [0.25, 0.3) is 0 Å². The Morgan fingerprint density at radius 2 is 2.19 bits per heavy atom. The molecule has 0 atom stereocenters. The molecule has 2 aromatic rings. The Hall–Kier alpha value is -2.31. The number of nitrogens with one attached hydrogen (secondary N) is 1. The van der Waals surface area contributed by atoms with Crippen molar-refractivity contribution in [3.05, 3.63) is 35.3 Å². The molecule has 7 nitrogen and oxygen atoms in total. The van der Waals surface area contributed by atoms with Crippen molar-refractivity contribution in [1.82, 2.24) is 25.0 Å². The van der Waals surface area contributed by atoms with E-state index in [1.807, 2.05) is 43.5 Å². The van der Waals surface area contributed by atoms with Gasteiger partial charge >= 0.3 is 0 Å². The number of hydrogen-bond acceptors (Lipinski definition) is 4. The molecule has 2 aromatic heterocycles. The third-order valence-corrected chi connectivity index (χ3v) is 3.53. The van der Waals surface area contributed by atoms with Crippen molar-refractivity contribution in [2.45, 2.75) is 26.9 Å². The monoisotopic (exact) mass is 290 g/mol. The van der Waals surface area contributed by atoms with Gasteiger partial charge in [-0.3, -0.25) is 4.99 Å². The third kappa shape index (κ3) is 3.42. The molecule has 0 aliphatic heterocycles. The van der Waals surface area contributed by atoms with E-state index in [4.69, 9.17) is 4.42 Å². The Morgan fingerprint density at radius 3 is 2.71 bits per heavy atom. The van der Waals surface area contributed by atoms with Crippen LogP contribution in [0.3, 0.4) is 0 Å². The molecule has 0 spiro atoms. The molecule has 0 bridgehead atoms. The Balaban J connectivity index is 1.97. The zero-order chi connectivity index (χ0) is 15.4. The summed E-state index contributed by atoms with van der Waals surface area (Å²) in [5, 5.41) is 11.5. The highest BCUT2D eigenvalue weighted by Gasteiger charge is 2.11. The maximum atomic E-state index is 5.32. The van der Waals surface area contributed by atoms with E-state index in [9.17, 15) is 0 Å². The van der Waals surface area contributed by atoms with Crippen LogP contribution in [0.15, 0.2) is 21.7 Å². The van der Waals surface area contributed by atoms with E-state index in [0.717, 1.165) is 35.5 Å². The molecule has 114 valence electrons. The average molecular weight is 290 g/mol. The molecule has 21 heavy (non-hydrogen) atoms. The second kappa shape index (κ2) is 6.43. The Labute approximate surface area is 124 Å². The van der Waals surface area contributed by atoms with Crippen LogP contribution in [0.1, 0.15) is 23.0 Å². The van der Waals surface area contributed by atoms with Crippen molar-refractivity contribution in [2.24, 2.45) is 12.0 Å². The van der Waals surface area contributed by atoms with E-state index in [1.54, 1.807) is 13.3 Å². The van der Waals surface area contributed by atoms with Crippen molar-refractivity contribution < 1.29 is 4.42 Å². The van der Waals surface area contributed by atoms with Crippen molar-refractivity contribution in [2.75, 3.05) is 14.1 Å². The van der Waals surface area contributed by atoms with Crippen LogP contribution in [0.4, 0.5) is 0 Å². The summed E-state index contributed by atoms with van der Waals surface area (Å²) >= 11 is 0. The van der Waals surface area contributed by atoms with E-state index in [-0.39, 0.29) is 0 Å². The Morgan fingerprint density at radius 1 is 1.43 bits per heavy atom. The maximum Gasteiger partial charge on any atom is 0.194 e. The summed E-state index contributed by atoms with van der Waals surface area (Å²) in [6, 6.07) is 1.98. The molecule has 2 rings (SSSR count). The summed E-state index contributed by atoms with van der Waals surface area (Å²) in [7, 11) is 5.71. The Kier molecular flexibility index (Phi) is 4.62. The van der Waals surface area contributed by atoms with Crippen molar-refractivity contribution in [1.29, 1.82) is 0 Å². The van der Waals surface area contributed by atoms with Gasteiger partial charge in [0.05, 0.1) is 12.8 Å². The molecule has 0 aliphatic carbocycles. The highest BCUT2D eigenvalue weighted by molar-refractivity contribution is 5.79. The van der Waals surface area contributed by atoms with Gasteiger partial charge in [0.2, 0.25) is 0 Å². The first-order valence-corrected chi connectivity index (χ1v) is 6.82. The van der Waals surface area contributed by atoms with Gasteiger partial charge in [0, 0.05) is 33.3 Å². The fourth-order valence-corrected chi connectivity index (χ4v) is 2.05. The number of aryl methyl sites for hydroxylation is 2. The van der Waals surface area contributed by atoms with Crippen LogP contribution in [0.2, 0.25) is 0 Å². The molecule has 7 heteroatoms. The zero-order valence-electron chi connectivity index (χ0n) is 13.2. The summed E-state index contributed by atoms with van der Waals surface area (Å²) in [6.07, 6.45) is 1.71. The van der Waals surface area contributed by atoms with Crippen LogP contribution in [0.5, 0.6) is 0 Å². The van der Waals surface area contributed by atoms with E-state index in [0.29, 0.717) is 6.54 Å². The lowest BCUT2D eigenvalue weighted by molar-refractivity contribution is 0.462. The first-order chi connectivity index (χ1) is 10.0. The molecule has 0 saturated heterocycles. The molecule has 0 fully saturated rings. The van der Waals surface area contributed by atoms with Crippen molar-refractivity contribution in [3.63, 3.8) is 0 Å². The predicted octanol–water partition coefficient (Wildman–Crippen LogP) is 1.23. The molecular weight excluding hydrogens is 268 g/mol. The summed E-state index contributed by atoms with van der Waals surface area (Å²) in [5.74, 6) is 3.50. The SMILES string of the molecule is CN=C(NCc1nnc(C)n1C)N(C)Cc1ccoc1C. The molecule has 0 unspecified atom stereocenters. The highest BCUT2D eigenvalue weighted by Crippen LogP contribution is 2.11. The fourth-order valence-electron chi connectivity index (χ4n) is 2.05. The minimum atomic E-state index is 0.582. The minimum Gasteiger partial charge on any atom is -0.469 e. The second-order valence-corrected chi connectivity index (χ2v) is 4.98. The number of furan rings is 1. The largest absolute Gasteiger partial charge is 0.469 e. The number of hydrogen-bond donors (Lipinski definition) is 1. The topological polar surface area (TPSA) is 71.5 Å². The van der Waals surface area contributed by atoms with Gasteiger partial charge < -0.3 is 19.2 Å². The molecule has 0 aliphatic rings. The van der Waals surface area contributed by atoms with E-state index >= 15 is 0 Å². The normalized spacial score (nSPS) is 11.8. The first-order valence-electron chi connectivity index (χ1n) is 6.82. The lowest BCUT2D eigenvalue weighted by atomic mass is 10.2. The Bertz CT molecular complexity index is 627. The predicted molar refractivity (Wildman–Crippen MR) is 80.9 cm³/mol. The van der Waals surface area contributed by atoms with Gasteiger partial charge in [-0.1, -0.05) is 0 Å². The van der Waals surface area contributed by atoms with Crippen LogP contribution in [0.25, 0.3) is 0 Å². The first kappa shape index (κ1) is 15.1. The molecule has 1 N–H and O–H groups in total. The maximum absolute atomic E-state index is 5.32. The van der Waals surface area contributed by atoms with Crippen LogP contribution >= 0.6 is 0 Å². The third-order valence-electron chi connectivity index (χ3n) is 3.53. The zero-order valence-corrected chi connectivity index (χ0v) is 13.2. The quantitative estimate of drug-likeness (QED) is 0.677. The lowest BCUT2D eigenvalue weighted by Gasteiger charge is -2.21. The second-order valence-electron chi connectivity index (χ2n) is 4.98.